The van der Waals surface area contributed by atoms with Gasteiger partial charge in [-0.05, 0) is 50.9 Å². The molecule has 0 atom stereocenters. The number of para-hydroxylation sites is 1. The lowest BCUT2D eigenvalue weighted by atomic mass is 9.96. The zero-order valence-corrected chi connectivity index (χ0v) is 16.8. The summed E-state index contributed by atoms with van der Waals surface area (Å²) in [5.74, 6) is 3.00. The summed E-state index contributed by atoms with van der Waals surface area (Å²) in [5.41, 5.74) is 0.842. The molecule has 3 heterocycles. The molecule has 0 aliphatic carbocycles. The van der Waals surface area contributed by atoms with Crippen molar-refractivity contribution in [2.45, 2.75) is 52.6 Å². The number of rotatable bonds is 5. The summed E-state index contributed by atoms with van der Waals surface area (Å²) >= 11 is 0. The summed E-state index contributed by atoms with van der Waals surface area (Å²) in [6.07, 6.45) is 2.09. The van der Waals surface area contributed by atoms with Gasteiger partial charge in [0, 0.05) is 12.5 Å². The lowest BCUT2D eigenvalue weighted by molar-refractivity contribution is 0.150. The van der Waals surface area contributed by atoms with E-state index in [2.05, 4.69) is 33.9 Å². The smallest absolute Gasteiger partial charge is 0.261 e. The van der Waals surface area contributed by atoms with Crippen molar-refractivity contribution in [1.29, 1.82) is 0 Å². The van der Waals surface area contributed by atoms with Gasteiger partial charge in [-0.25, -0.2) is 4.98 Å². The second-order valence-corrected chi connectivity index (χ2v) is 8.01. The third kappa shape index (κ3) is 3.85. The standard InChI is InChI=1S/C21H27N5O2/c1-14(2)20-23-19(28-24-20)13-25-10-8-16(9-11-25)12-26-15(3)22-18-7-5-4-6-17(18)21(26)27/h4-7,14,16H,8-13H2,1-3H3. The fourth-order valence-electron chi connectivity index (χ4n) is 3.84. The number of hydrogen-bond donors (Lipinski definition) is 0. The summed E-state index contributed by atoms with van der Waals surface area (Å²) in [6, 6.07) is 7.57. The highest BCUT2D eigenvalue weighted by Gasteiger charge is 2.23. The molecule has 7 nitrogen and oxygen atoms in total. The molecule has 0 radical (unpaired) electrons. The van der Waals surface area contributed by atoms with Crippen LogP contribution in [-0.4, -0.2) is 37.7 Å². The van der Waals surface area contributed by atoms with Crippen LogP contribution in [0, 0.1) is 12.8 Å². The first-order valence-corrected chi connectivity index (χ1v) is 10.0. The van der Waals surface area contributed by atoms with Gasteiger partial charge in [0.05, 0.1) is 17.4 Å². The molecule has 1 saturated heterocycles. The van der Waals surface area contributed by atoms with E-state index in [4.69, 9.17) is 4.52 Å². The highest BCUT2D eigenvalue weighted by Crippen LogP contribution is 2.21. The number of nitrogens with zero attached hydrogens (tertiary/aromatic N) is 5. The summed E-state index contributed by atoms with van der Waals surface area (Å²) in [6.45, 7) is 9.41. The Labute approximate surface area is 164 Å². The predicted octanol–water partition coefficient (Wildman–Crippen LogP) is 3.12. The van der Waals surface area contributed by atoms with Crippen LogP contribution in [0.5, 0.6) is 0 Å². The first kappa shape index (κ1) is 18.8. The van der Waals surface area contributed by atoms with Crippen LogP contribution in [-0.2, 0) is 13.1 Å². The molecular formula is C21H27N5O2. The van der Waals surface area contributed by atoms with Crippen molar-refractivity contribution in [1.82, 2.24) is 24.6 Å². The van der Waals surface area contributed by atoms with E-state index in [9.17, 15) is 4.79 Å². The Bertz CT molecular complexity index is 1020. The molecule has 148 valence electrons. The molecular weight excluding hydrogens is 354 g/mol. The molecule has 0 amide bonds. The van der Waals surface area contributed by atoms with Gasteiger partial charge in [0.25, 0.3) is 5.56 Å². The predicted molar refractivity (Wildman–Crippen MR) is 107 cm³/mol. The Kier molecular flexibility index (Phi) is 5.26. The Morgan fingerprint density at radius 2 is 1.93 bits per heavy atom. The lowest BCUT2D eigenvalue weighted by Gasteiger charge is -2.31. The minimum atomic E-state index is 0.0672. The molecule has 1 aromatic carbocycles. The molecule has 0 unspecified atom stereocenters. The zero-order chi connectivity index (χ0) is 19.7. The van der Waals surface area contributed by atoms with Crippen molar-refractivity contribution >= 4 is 10.9 Å². The number of piperidine rings is 1. The van der Waals surface area contributed by atoms with E-state index in [1.54, 1.807) is 0 Å². The fraction of sp³-hybridized carbons (Fsp3) is 0.524. The average Bonchev–Trinajstić information content (AvgIpc) is 3.15. The first-order valence-electron chi connectivity index (χ1n) is 10.0. The van der Waals surface area contributed by atoms with E-state index in [0.717, 1.165) is 49.6 Å². The molecule has 0 bridgehead atoms. The van der Waals surface area contributed by atoms with Crippen molar-refractivity contribution in [3.05, 3.63) is 52.2 Å². The molecule has 1 aliphatic heterocycles. The summed E-state index contributed by atoms with van der Waals surface area (Å²) in [5, 5.41) is 4.74. The van der Waals surface area contributed by atoms with E-state index in [1.807, 2.05) is 35.8 Å². The van der Waals surface area contributed by atoms with Crippen LogP contribution in [0.25, 0.3) is 10.9 Å². The molecule has 0 saturated carbocycles. The minimum absolute atomic E-state index is 0.0672. The molecule has 2 aromatic heterocycles. The third-order valence-electron chi connectivity index (χ3n) is 5.56. The molecule has 3 aromatic rings. The van der Waals surface area contributed by atoms with Gasteiger partial charge in [-0.1, -0.05) is 31.1 Å². The number of benzene rings is 1. The molecule has 1 aliphatic rings. The molecule has 4 rings (SSSR count). The van der Waals surface area contributed by atoms with Crippen LogP contribution in [0.1, 0.15) is 50.1 Å². The van der Waals surface area contributed by atoms with Crippen molar-refractivity contribution in [2.24, 2.45) is 5.92 Å². The van der Waals surface area contributed by atoms with Gasteiger partial charge in [-0.15, -0.1) is 0 Å². The maximum atomic E-state index is 12.9. The van der Waals surface area contributed by atoms with Crippen molar-refractivity contribution < 1.29 is 4.52 Å². The van der Waals surface area contributed by atoms with Gasteiger partial charge in [0.15, 0.2) is 5.82 Å². The van der Waals surface area contributed by atoms with E-state index in [-0.39, 0.29) is 11.5 Å². The second kappa shape index (κ2) is 7.83. The average molecular weight is 381 g/mol. The molecule has 0 N–H and O–H groups in total. The largest absolute Gasteiger partial charge is 0.338 e. The van der Waals surface area contributed by atoms with Crippen molar-refractivity contribution in [2.75, 3.05) is 13.1 Å². The number of aryl methyl sites for hydroxylation is 1. The van der Waals surface area contributed by atoms with Crippen LogP contribution in [0.2, 0.25) is 0 Å². The van der Waals surface area contributed by atoms with Gasteiger partial charge in [-0.2, -0.15) is 4.98 Å². The Hall–Kier alpha value is -2.54. The second-order valence-electron chi connectivity index (χ2n) is 8.01. The lowest BCUT2D eigenvalue weighted by Crippen LogP contribution is -2.36. The number of fused-ring (bicyclic) bond motifs is 1. The van der Waals surface area contributed by atoms with Gasteiger partial charge in [-0.3, -0.25) is 14.3 Å². The van der Waals surface area contributed by atoms with E-state index >= 15 is 0 Å². The number of likely N-dealkylation sites (tertiary alicyclic amines) is 1. The van der Waals surface area contributed by atoms with Crippen LogP contribution in [0.3, 0.4) is 0 Å². The first-order chi connectivity index (χ1) is 13.5. The van der Waals surface area contributed by atoms with E-state index in [1.165, 1.54) is 0 Å². The van der Waals surface area contributed by atoms with Crippen LogP contribution < -0.4 is 5.56 Å². The molecule has 1 fully saturated rings. The fourth-order valence-corrected chi connectivity index (χ4v) is 3.84. The normalized spacial score (nSPS) is 16.3. The van der Waals surface area contributed by atoms with Crippen LogP contribution >= 0.6 is 0 Å². The third-order valence-corrected chi connectivity index (χ3v) is 5.56. The maximum absolute atomic E-state index is 12.9. The van der Waals surface area contributed by atoms with Gasteiger partial charge in [0.1, 0.15) is 5.82 Å². The van der Waals surface area contributed by atoms with Crippen LogP contribution in [0.15, 0.2) is 33.6 Å². The molecule has 0 spiro atoms. The summed E-state index contributed by atoms with van der Waals surface area (Å²) < 4.78 is 7.21. The van der Waals surface area contributed by atoms with E-state index in [0.29, 0.717) is 23.7 Å². The van der Waals surface area contributed by atoms with Gasteiger partial charge >= 0.3 is 0 Å². The number of aromatic nitrogens is 4. The molecule has 7 heteroatoms. The highest BCUT2D eigenvalue weighted by atomic mass is 16.5. The minimum Gasteiger partial charge on any atom is -0.338 e. The highest BCUT2D eigenvalue weighted by molar-refractivity contribution is 5.77. The Morgan fingerprint density at radius 3 is 2.64 bits per heavy atom. The SMILES string of the molecule is Cc1nc2ccccc2c(=O)n1CC1CCN(Cc2nc(C(C)C)no2)CC1. The van der Waals surface area contributed by atoms with Gasteiger partial charge in [0.2, 0.25) is 5.89 Å². The van der Waals surface area contributed by atoms with Gasteiger partial charge < -0.3 is 4.52 Å². The number of hydrogen-bond acceptors (Lipinski definition) is 6. The Morgan fingerprint density at radius 1 is 1.18 bits per heavy atom. The summed E-state index contributed by atoms with van der Waals surface area (Å²) in [4.78, 5) is 24.3. The summed E-state index contributed by atoms with van der Waals surface area (Å²) in [7, 11) is 0. The quantitative estimate of drug-likeness (QED) is 0.676. The van der Waals surface area contributed by atoms with E-state index < -0.39 is 0 Å². The van der Waals surface area contributed by atoms with Crippen molar-refractivity contribution in [3.63, 3.8) is 0 Å². The zero-order valence-electron chi connectivity index (χ0n) is 16.8. The monoisotopic (exact) mass is 381 g/mol. The maximum Gasteiger partial charge on any atom is 0.261 e. The van der Waals surface area contributed by atoms with Crippen LogP contribution in [0.4, 0.5) is 0 Å². The topological polar surface area (TPSA) is 77.1 Å². The van der Waals surface area contributed by atoms with Crippen molar-refractivity contribution in [3.8, 4) is 0 Å². The molecule has 28 heavy (non-hydrogen) atoms. The Balaban J connectivity index is 1.39.